The number of rotatable bonds is 18. The molecule has 2 amide bonds. The fourth-order valence-corrected chi connectivity index (χ4v) is 13.2. The summed E-state index contributed by atoms with van der Waals surface area (Å²) < 4.78 is 25.3. The van der Waals surface area contributed by atoms with Crippen LogP contribution in [0.1, 0.15) is 75.2 Å². The van der Waals surface area contributed by atoms with Gasteiger partial charge in [-0.1, -0.05) is 81.2 Å². The van der Waals surface area contributed by atoms with Crippen molar-refractivity contribution >= 4 is 46.4 Å². The minimum Gasteiger partial charge on any atom is -0.491 e. The number of halogens is 2. The van der Waals surface area contributed by atoms with E-state index < -0.39 is 0 Å². The Morgan fingerprint density at radius 1 is 0.598 bits per heavy atom. The van der Waals surface area contributed by atoms with E-state index in [1.165, 1.54) is 0 Å². The Kier molecular flexibility index (Phi) is 18.2. The van der Waals surface area contributed by atoms with Crippen LogP contribution in [0, 0.1) is 0 Å². The number of carbonyl (C=O) groups is 2. The average Bonchev–Trinajstić information content (AvgIpc) is 4.16. The molecule has 82 heavy (non-hydrogen) atoms. The number of anilines is 2. The molecule has 0 unspecified atom stereocenters. The molecule has 438 valence electrons. The first-order valence-corrected chi connectivity index (χ1v) is 30.3. The highest BCUT2D eigenvalue weighted by atomic mass is 35.5. The van der Waals surface area contributed by atoms with Crippen LogP contribution in [-0.2, 0) is 42.7 Å². The van der Waals surface area contributed by atoms with Crippen LogP contribution in [0.25, 0.3) is 0 Å². The van der Waals surface area contributed by atoms with Crippen molar-refractivity contribution in [2.45, 2.75) is 102 Å². The first-order valence-electron chi connectivity index (χ1n) is 29.5. The Balaban J connectivity index is 0.644. The van der Waals surface area contributed by atoms with Crippen LogP contribution in [0.15, 0.2) is 97.3 Å². The zero-order valence-corrected chi connectivity index (χ0v) is 50.1. The molecule has 2 N–H and O–H groups in total. The number of aromatic nitrogens is 2. The van der Waals surface area contributed by atoms with Gasteiger partial charge in [0.2, 0.25) is 11.8 Å². The highest BCUT2D eigenvalue weighted by Crippen LogP contribution is 2.41. The summed E-state index contributed by atoms with van der Waals surface area (Å²) in [4.78, 5) is 52.3. The van der Waals surface area contributed by atoms with E-state index in [0.29, 0.717) is 62.7 Å². The van der Waals surface area contributed by atoms with Crippen LogP contribution >= 0.6 is 23.2 Å². The molecule has 0 saturated carbocycles. The smallest absolute Gasteiger partial charge is 0.241 e. The predicted molar refractivity (Wildman–Crippen MR) is 323 cm³/mol. The van der Waals surface area contributed by atoms with Crippen LogP contribution in [0.2, 0.25) is 10.0 Å². The molecule has 8 heterocycles. The van der Waals surface area contributed by atoms with Crippen molar-refractivity contribution in [1.29, 1.82) is 0 Å². The van der Waals surface area contributed by atoms with Crippen molar-refractivity contribution in [3.8, 4) is 11.5 Å². The summed E-state index contributed by atoms with van der Waals surface area (Å²) >= 11 is 12.3. The lowest BCUT2D eigenvalue weighted by Gasteiger charge is -2.43. The van der Waals surface area contributed by atoms with E-state index in [1.54, 1.807) is 0 Å². The Morgan fingerprint density at radius 3 is 1.45 bits per heavy atom. The van der Waals surface area contributed by atoms with E-state index in [2.05, 4.69) is 83.9 Å². The Bertz CT molecular complexity index is 2830. The molecule has 0 bridgehead atoms. The van der Waals surface area contributed by atoms with Gasteiger partial charge in [0.1, 0.15) is 36.9 Å². The molecule has 3 aromatic carbocycles. The highest BCUT2D eigenvalue weighted by Gasteiger charge is 2.43. The van der Waals surface area contributed by atoms with E-state index in [0.717, 1.165) is 135 Å². The lowest BCUT2D eigenvalue weighted by molar-refractivity contribution is -0.121. The third-order valence-corrected chi connectivity index (χ3v) is 17.8. The zero-order valence-electron chi connectivity index (χ0n) is 48.6. The molecule has 2 aromatic heterocycles. The monoisotopic (exact) mass is 1160 g/mol. The van der Waals surface area contributed by atoms with Crippen molar-refractivity contribution in [3.05, 3.63) is 141 Å². The number of fused-ring (bicyclic) bond motifs is 2. The summed E-state index contributed by atoms with van der Waals surface area (Å²) in [6, 6.07) is 28.8. The summed E-state index contributed by atoms with van der Waals surface area (Å²) in [6.45, 7) is 24.9. The van der Waals surface area contributed by atoms with Gasteiger partial charge in [-0.3, -0.25) is 39.2 Å². The Labute approximate surface area is 494 Å². The number of pyridine rings is 2. The molecular weight excluding hydrogens is 1080 g/mol. The van der Waals surface area contributed by atoms with Crippen LogP contribution < -0.4 is 29.9 Å². The molecule has 0 spiro atoms. The standard InChI is InChI=1S/C64H82Cl2N10O6/c1-43-31-73(37-59(77)75-41-63(3,4)61-57(75)24-47(27-69-61)22-45-10-14-49(65)15-11-45)51(29-67-43)33-71-18-20-79-55(35-71)39-81-53-8-7-9-54(26-53)82-40-56-36-72(19-21-80-56)34-52-30-68-44(2)32-74(52)38-60(78)76-42-64(5,6)62-58(76)25-48(28-70-62)23-46-12-16-50(66)17-13-46/h7-17,24-28,43-44,51-52,55-56,67-68H,18-23,29-42H2,1-6H3/t43-,44-,51-,52-,55+,56+/m1/s1. The van der Waals surface area contributed by atoms with Crippen molar-refractivity contribution in [2.75, 3.05) is 128 Å². The number of hydrogen-bond acceptors (Lipinski definition) is 14. The Morgan fingerprint density at radius 2 is 1.02 bits per heavy atom. The van der Waals surface area contributed by atoms with Crippen molar-refractivity contribution in [2.24, 2.45) is 0 Å². The molecule has 4 saturated heterocycles. The SMILES string of the molecule is C[C@@H]1CN(CC(=O)N2CC(C)(C)c3ncc(Cc4ccc(Cl)cc4)cc32)[C@@H](CN2CCO[C@H](COc3cccc(OC[C@@H]4CN(C[C@H]5CN[C@H](C)CN5CC(=O)N5CC(C)(C)c6ncc(Cc7ccc(Cl)cc7)cc65)CCO4)c3)C2)CN1. The fourth-order valence-electron chi connectivity index (χ4n) is 12.9. The number of carbonyl (C=O) groups excluding carboxylic acids is 2. The number of amides is 2. The summed E-state index contributed by atoms with van der Waals surface area (Å²) in [5.74, 6) is 1.67. The van der Waals surface area contributed by atoms with Gasteiger partial charge in [0, 0.05) is 142 Å². The van der Waals surface area contributed by atoms with Gasteiger partial charge in [0.05, 0.1) is 49.1 Å². The molecule has 6 aliphatic heterocycles. The number of piperazine rings is 2. The van der Waals surface area contributed by atoms with E-state index in [-0.39, 0.29) is 59.0 Å². The third kappa shape index (κ3) is 14.3. The topological polar surface area (TPSA) is 140 Å². The van der Waals surface area contributed by atoms with Gasteiger partial charge in [-0.05, 0) is 97.5 Å². The molecule has 11 rings (SSSR count). The first kappa shape index (κ1) is 58.5. The van der Waals surface area contributed by atoms with Crippen molar-refractivity contribution in [3.63, 3.8) is 0 Å². The third-order valence-electron chi connectivity index (χ3n) is 17.3. The quantitative estimate of drug-likeness (QED) is 0.0923. The van der Waals surface area contributed by atoms with E-state index in [9.17, 15) is 9.59 Å². The summed E-state index contributed by atoms with van der Waals surface area (Å²) in [5.41, 5.74) is 7.74. The van der Waals surface area contributed by atoms with E-state index in [1.807, 2.05) is 95.0 Å². The zero-order chi connectivity index (χ0) is 57.1. The second-order valence-electron chi connectivity index (χ2n) is 25.1. The van der Waals surface area contributed by atoms with Gasteiger partial charge >= 0.3 is 0 Å². The van der Waals surface area contributed by atoms with Gasteiger partial charge in [-0.2, -0.15) is 0 Å². The van der Waals surface area contributed by atoms with Crippen LogP contribution in [0.5, 0.6) is 11.5 Å². The number of benzene rings is 3. The van der Waals surface area contributed by atoms with Gasteiger partial charge in [0.25, 0.3) is 0 Å². The van der Waals surface area contributed by atoms with Crippen LogP contribution in [0.4, 0.5) is 11.4 Å². The number of ether oxygens (including phenoxy) is 4. The van der Waals surface area contributed by atoms with Gasteiger partial charge < -0.3 is 39.4 Å². The second kappa shape index (κ2) is 25.5. The van der Waals surface area contributed by atoms with Gasteiger partial charge in [-0.25, -0.2) is 0 Å². The Hall–Kier alpha value is -5.24. The number of morpholine rings is 2. The fraction of sp³-hybridized carbons (Fsp3) is 0.531. The second-order valence-corrected chi connectivity index (χ2v) is 26.0. The molecule has 6 aliphatic rings. The van der Waals surface area contributed by atoms with E-state index in [4.69, 9.17) is 52.1 Å². The normalized spacial score (nSPS) is 25.0. The largest absolute Gasteiger partial charge is 0.491 e. The number of nitrogens with one attached hydrogen (secondary N) is 2. The average molecular weight is 1160 g/mol. The van der Waals surface area contributed by atoms with Gasteiger partial charge in [-0.15, -0.1) is 0 Å². The van der Waals surface area contributed by atoms with Crippen molar-refractivity contribution in [1.82, 2.24) is 40.2 Å². The maximum Gasteiger partial charge on any atom is 0.241 e. The molecule has 16 nitrogen and oxygen atoms in total. The molecule has 0 radical (unpaired) electrons. The summed E-state index contributed by atoms with van der Waals surface area (Å²) in [7, 11) is 0. The molecular formula is C64H82Cl2N10O6. The maximum absolute atomic E-state index is 14.4. The van der Waals surface area contributed by atoms with E-state index >= 15 is 0 Å². The molecule has 18 heteroatoms. The molecule has 5 aromatic rings. The molecule has 6 atom stereocenters. The highest BCUT2D eigenvalue weighted by molar-refractivity contribution is 6.30. The molecule has 4 fully saturated rings. The predicted octanol–water partition coefficient (Wildman–Crippen LogP) is 7.10. The lowest BCUT2D eigenvalue weighted by Crippen LogP contribution is -2.61. The summed E-state index contributed by atoms with van der Waals surface area (Å²) in [6.07, 6.45) is 5.13. The molecule has 0 aliphatic carbocycles. The number of nitrogens with zero attached hydrogens (tertiary/aromatic N) is 8. The lowest BCUT2D eigenvalue weighted by atomic mass is 9.91. The van der Waals surface area contributed by atoms with Crippen LogP contribution in [0.3, 0.4) is 0 Å². The maximum atomic E-state index is 14.4. The minimum atomic E-state index is -0.249. The minimum absolute atomic E-state index is 0.109. The van der Waals surface area contributed by atoms with Crippen molar-refractivity contribution < 1.29 is 28.5 Å². The number of hydrogen-bond donors (Lipinski definition) is 2. The first-order chi connectivity index (χ1) is 39.5. The summed E-state index contributed by atoms with van der Waals surface area (Å²) in [5, 5.41) is 8.81. The van der Waals surface area contributed by atoms with Crippen LogP contribution in [-0.4, -0.2) is 196 Å². The van der Waals surface area contributed by atoms with Gasteiger partial charge in [0.15, 0.2) is 0 Å².